The fourth-order valence-corrected chi connectivity index (χ4v) is 3.12. The van der Waals surface area contributed by atoms with E-state index in [1.54, 1.807) is 18.2 Å². The average Bonchev–Trinajstić information content (AvgIpc) is 2.85. The van der Waals surface area contributed by atoms with Crippen LogP contribution in [0.15, 0.2) is 84.9 Å². The quantitative estimate of drug-likeness (QED) is 0.294. The number of esters is 1. The first-order chi connectivity index (χ1) is 16.2. The van der Waals surface area contributed by atoms with Crippen molar-refractivity contribution in [2.75, 3.05) is 25.1 Å². The fourth-order valence-electron chi connectivity index (χ4n) is 3.12. The minimum atomic E-state index is -0.367. The van der Waals surface area contributed by atoms with E-state index in [1.807, 2.05) is 66.7 Å². The molecule has 33 heavy (non-hydrogen) atoms. The largest absolute Gasteiger partial charge is 0.490 e. The summed E-state index contributed by atoms with van der Waals surface area (Å²) < 4.78 is 16.5. The molecule has 0 radical (unpaired) electrons. The van der Waals surface area contributed by atoms with E-state index >= 15 is 0 Å². The van der Waals surface area contributed by atoms with Crippen LogP contribution < -0.4 is 14.8 Å². The standard InChI is InChI=1S/C27H29NO5/c29-26(16-17-27(30)33-18-8-11-22-9-3-1-4-10-22)28-23-12-7-15-25(21-23)32-20-19-31-24-13-5-2-6-14-24/h1-7,9-10,12-15,21H,8,11,16-20H2,(H,28,29). The molecule has 172 valence electrons. The number of carbonyl (C=O) groups is 2. The van der Waals surface area contributed by atoms with Crippen LogP contribution in [-0.4, -0.2) is 31.7 Å². The Labute approximate surface area is 194 Å². The Kier molecular flexibility index (Phi) is 9.81. The molecule has 0 heterocycles. The van der Waals surface area contributed by atoms with Crippen LogP contribution in [-0.2, 0) is 20.7 Å². The van der Waals surface area contributed by atoms with Crippen LogP contribution in [0, 0.1) is 0 Å². The lowest BCUT2D eigenvalue weighted by Gasteiger charge is -2.10. The molecular formula is C27H29NO5. The van der Waals surface area contributed by atoms with Crippen molar-refractivity contribution in [2.24, 2.45) is 0 Å². The third-order valence-corrected chi connectivity index (χ3v) is 4.75. The lowest BCUT2D eigenvalue weighted by molar-refractivity contribution is -0.144. The van der Waals surface area contributed by atoms with Gasteiger partial charge in [0.15, 0.2) is 0 Å². The van der Waals surface area contributed by atoms with Gasteiger partial charge in [0.05, 0.1) is 13.0 Å². The molecule has 0 aliphatic heterocycles. The zero-order chi connectivity index (χ0) is 23.1. The minimum absolute atomic E-state index is 0.0458. The number of rotatable bonds is 13. The van der Waals surface area contributed by atoms with Crippen LogP contribution in [0.25, 0.3) is 0 Å². The first-order valence-electron chi connectivity index (χ1n) is 11.1. The lowest BCUT2D eigenvalue weighted by atomic mass is 10.1. The number of para-hydroxylation sites is 1. The van der Waals surface area contributed by atoms with Gasteiger partial charge < -0.3 is 19.5 Å². The van der Waals surface area contributed by atoms with Crippen molar-refractivity contribution in [1.29, 1.82) is 0 Å². The SMILES string of the molecule is O=C(CCC(=O)OCCCc1ccccc1)Nc1cccc(OCCOc2ccccc2)c1. The number of benzene rings is 3. The second-order valence-electron chi connectivity index (χ2n) is 7.40. The van der Waals surface area contributed by atoms with Crippen molar-refractivity contribution >= 4 is 17.6 Å². The highest BCUT2D eigenvalue weighted by atomic mass is 16.5. The van der Waals surface area contributed by atoms with Crippen molar-refractivity contribution in [3.05, 3.63) is 90.5 Å². The Morgan fingerprint density at radius 3 is 2.12 bits per heavy atom. The zero-order valence-electron chi connectivity index (χ0n) is 18.6. The molecule has 0 aliphatic carbocycles. The third-order valence-electron chi connectivity index (χ3n) is 4.75. The molecular weight excluding hydrogens is 418 g/mol. The predicted molar refractivity (Wildman–Crippen MR) is 127 cm³/mol. The highest BCUT2D eigenvalue weighted by molar-refractivity contribution is 5.92. The van der Waals surface area contributed by atoms with Gasteiger partial charge in [0.1, 0.15) is 24.7 Å². The second kappa shape index (κ2) is 13.6. The molecule has 3 rings (SSSR count). The molecule has 6 heteroatoms. The predicted octanol–water partition coefficient (Wildman–Crippen LogP) is 5.04. The molecule has 0 saturated carbocycles. The van der Waals surface area contributed by atoms with Gasteiger partial charge in [-0.2, -0.15) is 0 Å². The van der Waals surface area contributed by atoms with E-state index in [9.17, 15) is 9.59 Å². The Balaban J connectivity index is 1.29. The molecule has 0 atom stereocenters. The van der Waals surface area contributed by atoms with Gasteiger partial charge in [-0.25, -0.2) is 0 Å². The van der Waals surface area contributed by atoms with Crippen molar-refractivity contribution in [3.63, 3.8) is 0 Å². The summed E-state index contributed by atoms with van der Waals surface area (Å²) in [6.07, 6.45) is 1.72. The molecule has 3 aromatic carbocycles. The molecule has 0 fully saturated rings. The average molecular weight is 448 g/mol. The molecule has 0 spiro atoms. The molecule has 1 amide bonds. The molecule has 1 N–H and O–H groups in total. The first-order valence-corrected chi connectivity index (χ1v) is 11.1. The highest BCUT2D eigenvalue weighted by Gasteiger charge is 2.09. The fraction of sp³-hybridized carbons (Fsp3) is 0.259. The van der Waals surface area contributed by atoms with E-state index in [2.05, 4.69) is 5.32 Å². The second-order valence-corrected chi connectivity index (χ2v) is 7.40. The van der Waals surface area contributed by atoms with E-state index < -0.39 is 0 Å². The number of carbonyl (C=O) groups excluding carboxylic acids is 2. The molecule has 0 unspecified atom stereocenters. The van der Waals surface area contributed by atoms with Crippen molar-refractivity contribution in [1.82, 2.24) is 0 Å². The van der Waals surface area contributed by atoms with Gasteiger partial charge in [0.25, 0.3) is 0 Å². The van der Waals surface area contributed by atoms with Gasteiger partial charge in [-0.05, 0) is 42.7 Å². The van der Waals surface area contributed by atoms with E-state index in [0.29, 0.717) is 31.3 Å². The van der Waals surface area contributed by atoms with Crippen molar-refractivity contribution < 1.29 is 23.8 Å². The summed E-state index contributed by atoms with van der Waals surface area (Å²) in [5.74, 6) is 0.800. The van der Waals surface area contributed by atoms with Crippen LogP contribution in [0.1, 0.15) is 24.8 Å². The van der Waals surface area contributed by atoms with E-state index in [4.69, 9.17) is 14.2 Å². The maximum atomic E-state index is 12.2. The van der Waals surface area contributed by atoms with Gasteiger partial charge in [-0.3, -0.25) is 9.59 Å². The Morgan fingerprint density at radius 2 is 1.36 bits per heavy atom. The minimum Gasteiger partial charge on any atom is -0.490 e. The first kappa shape index (κ1) is 23.9. The summed E-state index contributed by atoms with van der Waals surface area (Å²) >= 11 is 0. The summed E-state index contributed by atoms with van der Waals surface area (Å²) in [5.41, 5.74) is 1.82. The van der Waals surface area contributed by atoms with Crippen LogP contribution >= 0.6 is 0 Å². The number of anilines is 1. The lowest BCUT2D eigenvalue weighted by Crippen LogP contribution is -2.15. The normalized spacial score (nSPS) is 10.3. The van der Waals surface area contributed by atoms with E-state index in [-0.39, 0.29) is 24.7 Å². The summed E-state index contributed by atoms with van der Waals surface area (Å²) in [6.45, 7) is 1.14. The number of amides is 1. The number of aryl methyl sites for hydroxylation is 1. The number of hydrogen-bond acceptors (Lipinski definition) is 5. The van der Waals surface area contributed by atoms with Crippen LogP contribution in [0.5, 0.6) is 11.5 Å². The third kappa shape index (κ3) is 9.47. The topological polar surface area (TPSA) is 73.9 Å². The van der Waals surface area contributed by atoms with Gasteiger partial charge >= 0.3 is 5.97 Å². The van der Waals surface area contributed by atoms with Crippen molar-refractivity contribution in [2.45, 2.75) is 25.7 Å². The van der Waals surface area contributed by atoms with Gasteiger partial charge in [0, 0.05) is 18.2 Å². The van der Waals surface area contributed by atoms with Crippen LogP contribution in [0.4, 0.5) is 5.69 Å². The molecule has 0 saturated heterocycles. The highest BCUT2D eigenvalue weighted by Crippen LogP contribution is 2.18. The van der Waals surface area contributed by atoms with Gasteiger partial charge in [-0.15, -0.1) is 0 Å². The number of hydrogen-bond donors (Lipinski definition) is 1. The maximum absolute atomic E-state index is 12.2. The monoisotopic (exact) mass is 447 g/mol. The summed E-state index contributed by atoms with van der Waals surface area (Å²) in [4.78, 5) is 24.1. The van der Waals surface area contributed by atoms with Gasteiger partial charge in [-0.1, -0.05) is 54.6 Å². The smallest absolute Gasteiger partial charge is 0.306 e. The molecule has 0 aliphatic rings. The summed E-state index contributed by atoms with van der Waals surface area (Å²) in [7, 11) is 0. The molecule has 0 aromatic heterocycles. The number of ether oxygens (including phenoxy) is 3. The van der Waals surface area contributed by atoms with Crippen molar-refractivity contribution in [3.8, 4) is 11.5 Å². The van der Waals surface area contributed by atoms with E-state index in [1.165, 1.54) is 5.56 Å². The molecule has 6 nitrogen and oxygen atoms in total. The Hall–Kier alpha value is -3.80. The number of nitrogens with one attached hydrogen (secondary N) is 1. The Morgan fingerprint density at radius 1 is 0.697 bits per heavy atom. The summed E-state index contributed by atoms with van der Waals surface area (Å²) in [6, 6.07) is 26.7. The Bertz CT molecular complexity index is 992. The van der Waals surface area contributed by atoms with Gasteiger partial charge in [0.2, 0.25) is 5.91 Å². The molecule has 3 aromatic rings. The van der Waals surface area contributed by atoms with Crippen LogP contribution in [0.2, 0.25) is 0 Å². The zero-order valence-corrected chi connectivity index (χ0v) is 18.6. The molecule has 0 bridgehead atoms. The summed E-state index contributed by atoms with van der Waals surface area (Å²) in [5, 5.41) is 2.78. The maximum Gasteiger partial charge on any atom is 0.306 e. The van der Waals surface area contributed by atoms with E-state index in [0.717, 1.165) is 18.6 Å². The van der Waals surface area contributed by atoms with Crippen LogP contribution in [0.3, 0.4) is 0 Å².